The first-order valence-electron chi connectivity index (χ1n) is 7.25. The average molecular weight is 283 g/mol. The number of rotatable bonds is 5. The van der Waals surface area contributed by atoms with E-state index in [9.17, 15) is 8.78 Å². The zero-order valence-corrected chi connectivity index (χ0v) is 12.2. The molecule has 0 amide bonds. The summed E-state index contributed by atoms with van der Waals surface area (Å²) < 4.78 is 33.2. The van der Waals surface area contributed by atoms with Crippen LogP contribution in [0.15, 0.2) is 18.2 Å². The van der Waals surface area contributed by atoms with E-state index in [0.717, 1.165) is 19.4 Å². The largest absolute Gasteiger partial charge is 0.494 e. The second-order valence-corrected chi connectivity index (χ2v) is 5.91. The van der Waals surface area contributed by atoms with Crippen LogP contribution in [-0.4, -0.2) is 25.4 Å². The molecule has 0 radical (unpaired) electrons. The van der Waals surface area contributed by atoms with Crippen LogP contribution in [0, 0.1) is 5.82 Å². The minimum absolute atomic E-state index is 0.197. The first-order chi connectivity index (χ1) is 9.50. The third-order valence-electron chi connectivity index (χ3n) is 3.87. The van der Waals surface area contributed by atoms with E-state index in [1.54, 1.807) is 19.1 Å². The molecule has 4 heteroatoms. The van der Waals surface area contributed by atoms with Crippen molar-refractivity contribution >= 4 is 0 Å². The lowest BCUT2D eigenvalue weighted by Gasteiger charge is -2.30. The standard InChI is InChI=1S/C16H23F2NO/c1-16(18,11-13-5-3-4-8-19-13)10-12-6-7-15(20-2)14(17)9-12/h6-7,9,13,19H,3-5,8,10-11H2,1-2H3. The fraction of sp³-hybridized carbons (Fsp3) is 0.625. The van der Waals surface area contributed by atoms with Gasteiger partial charge in [0, 0.05) is 12.5 Å². The van der Waals surface area contributed by atoms with Crippen molar-refractivity contribution in [3.8, 4) is 5.75 Å². The van der Waals surface area contributed by atoms with Gasteiger partial charge in [-0.2, -0.15) is 0 Å². The number of hydrogen-bond acceptors (Lipinski definition) is 2. The average Bonchev–Trinajstić information content (AvgIpc) is 2.39. The van der Waals surface area contributed by atoms with Gasteiger partial charge in [-0.3, -0.25) is 0 Å². The summed E-state index contributed by atoms with van der Waals surface area (Å²) in [6.45, 7) is 2.57. The molecule has 1 N–H and O–H groups in total. The van der Waals surface area contributed by atoms with Crippen LogP contribution in [0.4, 0.5) is 8.78 Å². The molecule has 2 atom stereocenters. The van der Waals surface area contributed by atoms with Gasteiger partial charge in [0.2, 0.25) is 0 Å². The van der Waals surface area contributed by atoms with Crippen LogP contribution in [0.2, 0.25) is 0 Å². The number of methoxy groups -OCH3 is 1. The molecule has 112 valence electrons. The molecule has 0 bridgehead atoms. The molecule has 20 heavy (non-hydrogen) atoms. The summed E-state index contributed by atoms with van der Waals surface area (Å²) >= 11 is 0. The van der Waals surface area contributed by atoms with E-state index in [0.29, 0.717) is 12.0 Å². The fourth-order valence-corrected chi connectivity index (χ4v) is 2.93. The molecular weight excluding hydrogens is 260 g/mol. The number of hydrogen-bond donors (Lipinski definition) is 1. The first-order valence-corrected chi connectivity index (χ1v) is 7.25. The predicted molar refractivity (Wildman–Crippen MR) is 76.4 cm³/mol. The summed E-state index contributed by atoms with van der Waals surface area (Å²) in [5, 5.41) is 3.36. The highest BCUT2D eigenvalue weighted by Crippen LogP contribution is 2.28. The van der Waals surface area contributed by atoms with Gasteiger partial charge < -0.3 is 10.1 Å². The van der Waals surface area contributed by atoms with Gasteiger partial charge in [0.1, 0.15) is 5.67 Å². The van der Waals surface area contributed by atoms with Crippen molar-refractivity contribution in [1.29, 1.82) is 0 Å². The van der Waals surface area contributed by atoms with E-state index in [2.05, 4.69) is 5.32 Å². The van der Waals surface area contributed by atoms with Gasteiger partial charge in [-0.15, -0.1) is 0 Å². The smallest absolute Gasteiger partial charge is 0.165 e. The Labute approximate surface area is 119 Å². The Hall–Kier alpha value is -1.16. The maximum absolute atomic E-state index is 14.7. The van der Waals surface area contributed by atoms with Crippen LogP contribution >= 0.6 is 0 Å². The van der Waals surface area contributed by atoms with Crippen molar-refractivity contribution in [2.24, 2.45) is 0 Å². The number of nitrogens with one attached hydrogen (secondary N) is 1. The molecule has 0 saturated carbocycles. The third kappa shape index (κ3) is 4.17. The third-order valence-corrected chi connectivity index (χ3v) is 3.87. The number of alkyl halides is 1. The number of benzene rings is 1. The number of halogens is 2. The van der Waals surface area contributed by atoms with E-state index in [4.69, 9.17) is 4.74 Å². The summed E-state index contributed by atoms with van der Waals surface area (Å²) in [4.78, 5) is 0. The van der Waals surface area contributed by atoms with Crippen LogP contribution in [0.25, 0.3) is 0 Å². The Morgan fingerprint density at radius 1 is 1.40 bits per heavy atom. The monoisotopic (exact) mass is 283 g/mol. The van der Waals surface area contributed by atoms with Crippen LogP contribution in [-0.2, 0) is 6.42 Å². The molecule has 2 rings (SSSR count). The summed E-state index contributed by atoms with van der Waals surface area (Å²) in [5.74, 6) is -0.236. The number of ether oxygens (including phenoxy) is 1. The molecule has 1 aliphatic rings. The fourth-order valence-electron chi connectivity index (χ4n) is 2.93. The zero-order valence-electron chi connectivity index (χ0n) is 12.2. The molecule has 0 spiro atoms. The second-order valence-electron chi connectivity index (χ2n) is 5.91. The molecule has 2 nitrogen and oxygen atoms in total. The minimum atomic E-state index is -1.32. The lowest BCUT2D eigenvalue weighted by Crippen LogP contribution is -2.40. The molecule has 2 unspecified atom stereocenters. The topological polar surface area (TPSA) is 21.3 Å². The van der Waals surface area contributed by atoms with Crippen molar-refractivity contribution in [2.75, 3.05) is 13.7 Å². The molecule has 1 heterocycles. The molecular formula is C16H23F2NO. The SMILES string of the molecule is COc1ccc(CC(C)(F)CC2CCCCN2)cc1F. The number of piperidine rings is 1. The Balaban J connectivity index is 1.97. The Morgan fingerprint density at radius 3 is 2.80 bits per heavy atom. The Bertz CT molecular complexity index is 442. The van der Waals surface area contributed by atoms with E-state index in [-0.39, 0.29) is 18.2 Å². The molecule has 0 aromatic heterocycles. The predicted octanol–water partition coefficient (Wildman–Crippen LogP) is 3.64. The normalized spacial score (nSPS) is 22.3. The molecule has 1 aromatic carbocycles. The highest BCUT2D eigenvalue weighted by Gasteiger charge is 2.29. The minimum Gasteiger partial charge on any atom is -0.494 e. The molecule has 1 aliphatic heterocycles. The van der Waals surface area contributed by atoms with Crippen LogP contribution in [0.1, 0.15) is 38.2 Å². The Kier molecular flexibility index (Phi) is 4.97. The van der Waals surface area contributed by atoms with Crippen molar-refractivity contribution in [3.63, 3.8) is 0 Å². The summed E-state index contributed by atoms with van der Waals surface area (Å²) in [7, 11) is 1.42. The van der Waals surface area contributed by atoms with E-state index in [1.165, 1.54) is 19.6 Å². The quantitative estimate of drug-likeness (QED) is 0.891. The maximum Gasteiger partial charge on any atom is 0.165 e. The summed E-state index contributed by atoms with van der Waals surface area (Å²) in [5.41, 5.74) is -0.653. The molecule has 0 aliphatic carbocycles. The van der Waals surface area contributed by atoms with Crippen molar-refractivity contribution in [2.45, 2.75) is 50.7 Å². The first kappa shape index (κ1) is 15.2. The molecule has 1 fully saturated rings. The van der Waals surface area contributed by atoms with Gasteiger partial charge in [-0.05, 0) is 50.4 Å². The van der Waals surface area contributed by atoms with Gasteiger partial charge in [0.25, 0.3) is 0 Å². The van der Waals surface area contributed by atoms with Gasteiger partial charge in [-0.25, -0.2) is 8.78 Å². The lowest BCUT2D eigenvalue weighted by molar-refractivity contribution is 0.145. The van der Waals surface area contributed by atoms with Gasteiger partial charge in [0.05, 0.1) is 7.11 Å². The molecule has 1 saturated heterocycles. The zero-order chi connectivity index (χ0) is 14.6. The van der Waals surface area contributed by atoms with E-state index >= 15 is 0 Å². The van der Waals surface area contributed by atoms with Crippen LogP contribution < -0.4 is 10.1 Å². The summed E-state index contributed by atoms with van der Waals surface area (Å²) in [6.07, 6.45) is 4.05. The van der Waals surface area contributed by atoms with Gasteiger partial charge in [0.15, 0.2) is 11.6 Å². The second kappa shape index (κ2) is 6.53. The van der Waals surface area contributed by atoms with Crippen molar-refractivity contribution < 1.29 is 13.5 Å². The molecule has 1 aromatic rings. The van der Waals surface area contributed by atoms with E-state index < -0.39 is 11.5 Å². The van der Waals surface area contributed by atoms with Crippen molar-refractivity contribution in [3.05, 3.63) is 29.6 Å². The lowest BCUT2D eigenvalue weighted by atomic mass is 9.88. The van der Waals surface area contributed by atoms with Crippen molar-refractivity contribution in [1.82, 2.24) is 5.32 Å². The van der Waals surface area contributed by atoms with E-state index in [1.807, 2.05) is 0 Å². The maximum atomic E-state index is 14.7. The highest BCUT2D eigenvalue weighted by molar-refractivity contribution is 5.30. The Morgan fingerprint density at radius 2 is 2.20 bits per heavy atom. The van der Waals surface area contributed by atoms with Crippen LogP contribution in [0.3, 0.4) is 0 Å². The van der Waals surface area contributed by atoms with Gasteiger partial charge >= 0.3 is 0 Å². The summed E-state index contributed by atoms with van der Waals surface area (Å²) in [6, 6.07) is 4.89. The van der Waals surface area contributed by atoms with Crippen LogP contribution in [0.5, 0.6) is 5.75 Å². The van der Waals surface area contributed by atoms with Gasteiger partial charge in [-0.1, -0.05) is 12.5 Å². The highest BCUT2D eigenvalue weighted by atomic mass is 19.1.